The summed E-state index contributed by atoms with van der Waals surface area (Å²) in [4.78, 5) is 38.2. The summed E-state index contributed by atoms with van der Waals surface area (Å²) in [5.41, 5.74) is -0.254. The third-order valence-electron chi connectivity index (χ3n) is 5.53. The van der Waals surface area contributed by atoms with Crippen molar-refractivity contribution in [3.8, 4) is 0 Å². The molecule has 0 fully saturated rings. The summed E-state index contributed by atoms with van der Waals surface area (Å²) in [5, 5.41) is 34.8. The highest BCUT2D eigenvalue weighted by Gasteiger charge is 2.40. The lowest BCUT2D eigenvalue weighted by Crippen LogP contribution is -2.35. The average molecular weight is 486 g/mol. The monoisotopic (exact) mass is 486 g/mol. The maximum atomic E-state index is 11.8. The molecule has 0 aromatic heterocycles. The van der Waals surface area contributed by atoms with E-state index in [9.17, 15) is 30.3 Å². The van der Waals surface area contributed by atoms with Gasteiger partial charge in [-0.25, -0.2) is 0 Å². The first-order valence-corrected chi connectivity index (χ1v) is 10.6. The Hall–Kier alpha value is -5.16. The Morgan fingerprint density at radius 1 is 0.583 bits per heavy atom. The van der Waals surface area contributed by atoms with Crippen molar-refractivity contribution in [3.63, 3.8) is 0 Å². The maximum absolute atomic E-state index is 11.8. The van der Waals surface area contributed by atoms with Crippen molar-refractivity contribution in [1.82, 2.24) is 0 Å². The molecule has 0 saturated heterocycles. The second kappa shape index (κ2) is 9.99. The zero-order valence-electron chi connectivity index (χ0n) is 18.5. The molecule has 0 aliphatic carbocycles. The summed E-state index contributed by atoms with van der Waals surface area (Å²) >= 11 is 0. The SMILES string of the molecule is O=[N+]([O-])c1cc([N+](=O)[O-])c(NOC(c2ccccc2)(c2ccccc2)c2ccccc2)c([N+](=O)[O-])c1. The van der Waals surface area contributed by atoms with Gasteiger partial charge in [-0.15, -0.1) is 0 Å². The molecule has 0 saturated carbocycles. The molecule has 4 aromatic rings. The largest absolute Gasteiger partial charge is 0.308 e. The summed E-state index contributed by atoms with van der Waals surface area (Å²) in [6.07, 6.45) is 0. The highest BCUT2D eigenvalue weighted by Crippen LogP contribution is 2.43. The van der Waals surface area contributed by atoms with Crippen molar-refractivity contribution in [3.05, 3.63) is 150 Å². The van der Waals surface area contributed by atoms with Gasteiger partial charge in [-0.3, -0.25) is 40.7 Å². The van der Waals surface area contributed by atoms with Gasteiger partial charge in [-0.1, -0.05) is 91.0 Å². The zero-order valence-corrected chi connectivity index (χ0v) is 18.5. The van der Waals surface area contributed by atoms with Crippen molar-refractivity contribution >= 4 is 22.7 Å². The highest BCUT2D eigenvalue weighted by atomic mass is 16.7. The van der Waals surface area contributed by atoms with Crippen molar-refractivity contribution in [1.29, 1.82) is 0 Å². The van der Waals surface area contributed by atoms with Gasteiger partial charge in [0.05, 0.1) is 26.9 Å². The van der Waals surface area contributed by atoms with E-state index in [2.05, 4.69) is 5.48 Å². The Morgan fingerprint density at radius 3 is 1.25 bits per heavy atom. The molecule has 0 bridgehead atoms. The van der Waals surface area contributed by atoms with E-state index in [0.717, 1.165) is 0 Å². The molecule has 0 heterocycles. The fourth-order valence-electron chi connectivity index (χ4n) is 3.92. The minimum atomic E-state index is -1.41. The molecule has 0 radical (unpaired) electrons. The van der Waals surface area contributed by atoms with Gasteiger partial charge < -0.3 is 0 Å². The van der Waals surface area contributed by atoms with E-state index < -0.39 is 43.1 Å². The van der Waals surface area contributed by atoms with Gasteiger partial charge in [-0.05, 0) is 16.7 Å². The predicted molar refractivity (Wildman–Crippen MR) is 130 cm³/mol. The highest BCUT2D eigenvalue weighted by molar-refractivity contribution is 5.76. The molecule has 180 valence electrons. The Morgan fingerprint density at radius 2 is 0.944 bits per heavy atom. The Kier molecular flexibility index (Phi) is 6.66. The van der Waals surface area contributed by atoms with Crippen molar-refractivity contribution in [2.75, 3.05) is 5.48 Å². The molecule has 1 N–H and O–H groups in total. The van der Waals surface area contributed by atoms with Gasteiger partial charge >= 0.3 is 11.4 Å². The van der Waals surface area contributed by atoms with Gasteiger partial charge in [0.15, 0.2) is 5.60 Å². The molecule has 0 unspecified atom stereocenters. The van der Waals surface area contributed by atoms with E-state index in [1.807, 2.05) is 18.2 Å². The Balaban J connectivity index is 1.95. The first kappa shape index (κ1) is 24.0. The van der Waals surface area contributed by atoms with Crippen LogP contribution < -0.4 is 5.48 Å². The van der Waals surface area contributed by atoms with Crippen molar-refractivity contribution < 1.29 is 19.6 Å². The van der Waals surface area contributed by atoms with E-state index in [4.69, 9.17) is 4.84 Å². The minimum Gasteiger partial charge on any atom is -0.258 e. The minimum absolute atomic E-state index is 0.622. The molecule has 11 nitrogen and oxygen atoms in total. The van der Waals surface area contributed by atoms with Crippen LogP contribution in [0.4, 0.5) is 22.7 Å². The molecular weight excluding hydrogens is 468 g/mol. The van der Waals surface area contributed by atoms with Gasteiger partial charge in [0.1, 0.15) is 0 Å². The van der Waals surface area contributed by atoms with E-state index in [1.54, 1.807) is 72.8 Å². The van der Waals surface area contributed by atoms with Crippen LogP contribution in [0.25, 0.3) is 0 Å². The number of nitrogens with zero attached hydrogens (tertiary/aromatic N) is 3. The number of rotatable bonds is 9. The number of hydrogen-bond donors (Lipinski definition) is 1. The van der Waals surface area contributed by atoms with Gasteiger partial charge in [0.25, 0.3) is 5.69 Å². The Bertz CT molecular complexity index is 1280. The lowest BCUT2D eigenvalue weighted by Gasteiger charge is -2.35. The van der Waals surface area contributed by atoms with E-state index in [1.165, 1.54) is 0 Å². The van der Waals surface area contributed by atoms with E-state index in [-0.39, 0.29) is 0 Å². The molecule has 0 amide bonds. The lowest BCUT2D eigenvalue weighted by molar-refractivity contribution is -0.402. The van der Waals surface area contributed by atoms with Crippen LogP contribution in [0.15, 0.2) is 103 Å². The lowest BCUT2D eigenvalue weighted by atomic mass is 9.80. The van der Waals surface area contributed by atoms with Crippen LogP contribution in [0.1, 0.15) is 16.7 Å². The standard InChI is InChI=1S/C25H18N4O7/c30-27(31)21-16-22(28(32)33)24(23(17-21)29(34)35)26-36-25(18-10-4-1-5-11-18,19-12-6-2-7-13-19)20-14-8-3-9-15-20/h1-17,26H. The van der Waals surface area contributed by atoms with Crippen molar-refractivity contribution in [2.24, 2.45) is 0 Å². The fourth-order valence-corrected chi connectivity index (χ4v) is 3.92. The van der Waals surface area contributed by atoms with Crippen LogP contribution in [0, 0.1) is 30.3 Å². The fraction of sp³-hybridized carbons (Fsp3) is 0.0400. The molecule has 4 aromatic carbocycles. The molecular formula is C25H18N4O7. The van der Waals surface area contributed by atoms with Gasteiger partial charge in [0.2, 0.25) is 5.69 Å². The summed E-state index contributed by atoms with van der Waals surface area (Å²) in [6.45, 7) is 0. The van der Waals surface area contributed by atoms with Crippen LogP contribution in [0.5, 0.6) is 0 Å². The third kappa shape index (κ3) is 4.45. The molecule has 0 atom stereocenters. The molecule has 11 heteroatoms. The van der Waals surface area contributed by atoms with E-state index >= 15 is 0 Å². The number of hydrogen-bond acceptors (Lipinski definition) is 8. The summed E-state index contributed by atoms with van der Waals surface area (Å²) < 4.78 is 0. The normalized spacial score (nSPS) is 11.0. The van der Waals surface area contributed by atoms with Crippen LogP contribution >= 0.6 is 0 Å². The third-order valence-corrected chi connectivity index (χ3v) is 5.53. The zero-order chi connectivity index (χ0) is 25.7. The molecule has 0 aliphatic heterocycles. The number of nitrogens with one attached hydrogen (secondary N) is 1. The summed E-state index contributed by atoms with van der Waals surface area (Å²) in [6, 6.07) is 28.2. The predicted octanol–water partition coefficient (Wildman–Crippen LogP) is 5.75. The molecule has 36 heavy (non-hydrogen) atoms. The first-order chi connectivity index (χ1) is 17.3. The van der Waals surface area contributed by atoms with Crippen LogP contribution in [-0.2, 0) is 10.4 Å². The maximum Gasteiger partial charge on any atom is 0.308 e. The Labute approximate surface area is 204 Å². The van der Waals surface area contributed by atoms with Crippen molar-refractivity contribution in [2.45, 2.75) is 5.60 Å². The molecule has 0 spiro atoms. The van der Waals surface area contributed by atoms with E-state index in [0.29, 0.717) is 28.8 Å². The first-order valence-electron chi connectivity index (χ1n) is 10.6. The summed E-state index contributed by atoms with van der Waals surface area (Å²) in [7, 11) is 0. The van der Waals surface area contributed by atoms with Gasteiger partial charge in [0, 0.05) is 0 Å². The number of nitro groups is 3. The summed E-state index contributed by atoms with van der Waals surface area (Å²) in [5.74, 6) is 0. The van der Waals surface area contributed by atoms with Crippen LogP contribution in [0.3, 0.4) is 0 Å². The second-order valence-electron chi connectivity index (χ2n) is 7.61. The average Bonchev–Trinajstić information content (AvgIpc) is 2.90. The second-order valence-corrected chi connectivity index (χ2v) is 7.61. The van der Waals surface area contributed by atoms with Crippen LogP contribution in [0.2, 0.25) is 0 Å². The smallest absolute Gasteiger partial charge is 0.258 e. The van der Waals surface area contributed by atoms with Crippen LogP contribution in [-0.4, -0.2) is 14.8 Å². The number of anilines is 1. The number of nitro benzene ring substituents is 3. The number of benzene rings is 4. The topological polar surface area (TPSA) is 151 Å². The quantitative estimate of drug-likeness (QED) is 0.178. The molecule has 4 rings (SSSR count). The molecule has 0 aliphatic rings. The van der Waals surface area contributed by atoms with Gasteiger partial charge in [-0.2, -0.15) is 0 Å². The number of non-ortho nitro benzene ring substituents is 1.